The van der Waals surface area contributed by atoms with E-state index in [1.165, 1.54) is 12.8 Å². The lowest BCUT2D eigenvalue weighted by atomic mass is 10.2. The second kappa shape index (κ2) is 8.52. The van der Waals surface area contributed by atoms with Crippen molar-refractivity contribution in [2.24, 2.45) is 0 Å². The summed E-state index contributed by atoms with van der Waals surface area (Å²) >= 11 is 0. The second-order valence-electron chi connectivity index (χ2n) is 3.93. The molecule has 0 aromatic carbocycles. The van der Waals surface area contributed by atoms with Crippen LogP contribution in [0.5, 0.6) is 0 Å². The maximum absolute atomic E-state index is 5.57. The minimum Gasteiger partial charge on any atom is -0.379 e. The van der Waals surface area contributed by atoms with Crippen molar-refractivity contribution in [2.75, 3.05) is 13.2 Å². The maximum atomic E-state index is 5.57. The molecule has 0 aromatic rings. The molecule has 0 heterocycles. The van der Waals surface area contributed by atoms with Gasteiger partial charge >= 0.3 is 0 Å². The Morgan fingerprint density at radius 1 is 1.23 bits per heavy atom. The van der Waals surface area contributed by atoms with Gasteiger partial charge in [-0.3, -0.25) is 0 Å². The molecule has 0 saturated heterocycles. The molecule has 0 aromatic heterocycles. The van der Waals surface area contributed by atoms with E-state index in [9.17, 15) is 0 Å². The smallest absolute Gasteiger partial charge is 0.0547 e. The lowest BCUT2D eigenvalue weighted by molar-refractivity contribution is 0.0594. The summed E-state index contributed by atoms with van der Waals surface area (Å²) in [6, 6.07) is 0.604. The van der Waals surface area contributed by atoms with Gasteiger partial charge in [-0.05, 0) is 32.7 Å². The molecule has 0 fully saturated rings. The summed E-state index contributed by atoms with van der Waals surface area (Å²) in [6.45, 7) is 10.7. The summed E-state index contributed by atoms with van der Waals surface area (Å²) in [5, 5.41) is 3.40. The third-order valence-corrected chi connectivity index (χ3v) is 1.95. The molecule has 0 aliphatic heterocycles. The fourth-order valence-electron chi connectivity index (χ4n) is 1.18. The van der Waals surface area contributed by atoms with Crippen LogP contribution >= 0.6 is 0 Å². The fraction of sp³-hybridized carbons (Fsp3) is 1.00. The van der Waals surface area contributed by atoms with Gasteiger partial charge in [0.05, 0.1) is 6.10 Å². The lowest BCUT2D eigenvalue weighted by Gasteiger charge is -2.13. The van der Waals surface area contributed by atoms with Crippen LogP contribution in [0.15, 0.2) is 0 Å². The standard InChI is InChI=1S/C11H25NO/c1-5-9-13-11(4)7-6-8-12-10(2)3/h10-12H,5-9H2,1-4H3. The van der Waals surface area contributed by atoms with Crippen molar-refractivity contribution in [1.29, 1.82) is 0 Å². The van der Waals surface area contributed by atoms with Crippen molar-refractivity contribution in [1.82, 2.24) is 5.32 Å². The van der Waals surface area contributed by atoms with Gasteiger partial charge in [-0.15, -0.1) is 0 Å². The molecule has 13 heavy (non-hydrogen) atoms. The van der Waals surface area contributed by atoms with Crippen molar-refractivity contribution in [2.45, 2.75) is 59.1 Å². The highest BCUT2D eigenvalue weighted by atomic mass is 16.5. The number of nitrogens with one attached hydrogen (secondary N) is 1. The summed E-state index contributed by atoms with van der Waals surface area (Å²) < 4.78 is 5.57. The molecule has 1 atom stereocenters. The first kappa shape index (κ1) is 12.9. The predicted octanol–water partition coefficient (Wildman–Crippen LogP) is 2.58. The van der Waals surface area contributed by atoms with E-state index in [4.69, 9.17) is 4.74 Å². The fourth-order valence-corrected chi connectivity index (χ4v) is 1.18. The van der Waals surface area contributed by atoms with Crippen LogP contribution in [0.4, 0.5) is 0 Å². The molecule has 2 nitrogen and oxygen atoms in total. The Bertz CT molecular complexity index is 104. The molecule has 1 N–H and O–H groups in total. The maximum Gasteiger partial charge on any atom is 0.0547 e. The van der Waals surface area contributed by atoms with Crippen molar-refractivity contribution >= 4 is 0 Å². The summed E-state index contributed by atoms with van der Waals surface area (Å²) in [4.78, 5) is 0. The molecule has 0 radical (unpaired) electrons. The second-order valence-corrected chi connectivity index (χ2v) is 3.93. The van der Waals surface area contributed by atoms with Crippen LogP contribution in [0.3, 0.4) is 0 Å². The van der Waals surface area contributed by atoms with E-state index in [0.717, 1.165) is 19.6 Å². The minimum atomic E-state index is 0.425. The van der Waals surface area contributed by atoms with E-state index in [1.807, 2.05) is 0 Å². The van der Waals surface area contributed by atoms with Crippen LogP contribution in [0.1, 0.15) is 47.0 Å². The molecule has 0 rings (SSSR count). The van der Waals surface area contributed by atoms with Gasteiger partial charge < -0.3 is 10.1 Å². The summed E-state index contributed by atoms with van der Waals surface area (Å²) in [7, 11) is 0. The predicted molar refractivity (Wildman–Crippen MR) is 58.1 cm³/mol. The number of rotatable bonds is 8. The highest BCUT2D eigenvalue weighted by Gasteiger charge is 2.00. The Morgan fingerprint density at radius 2 is 1.92 bits per heavy atom. The van der Waals surface area contributed by atoms with Crippen LogP contribution in [-0.2, 0) is 4.74 Å². The van der Waals surface area contributed by atoms with Crippen LogP contribution < -0.4 is 5.32 Å². The Kier molecular flexibility index (Phi) is 8.46. The van der Waals surface area contributed by atoms with Crippen LogP contribution in [-0.4, -0.2) is 25.3 Å². The molecule has 0 saturated carbocycles. The summed E-state index contributed by atoms with van der Waals surface area (Å²) in [5.41, 5.74) is 0. The first-order valence-electron chi connectivity index (χ1n) is 5.51. The average molecular weight is 187 g/mol. The number of hydrogen-bond donors (Lipinski definition) is 1. The van der Waals surface area contributed by atoms with E-state index in [0.29, 0.717) is 12.1 Å². The zero-order valence-corrected chi connectivity index (χ0v) is 9.60. The highest BCUT2D eigenvalue weighted by Crippen LogP contribution is 2.01. The van der Waals surface area contributed by atoms with E-state index in [1.54, 1.807) is 0 Å². The zero-order valence-electron chi connectivity index (χ0n) is 9.60. The van der Waals surface area contributed by atoms with Gasteiger partial charge in [0.1, 0.15) is 0 Å². The Hall–Kier alpha value is -0.0800. The quantitative estimate of drug-likeness (QED) is 0.590. The molecule has 2 heteroatoms. The van der Waals surface area contributed by atoms with Crippen molar-refractivity contribution in [3.8, 4) is 0 Å². The zero-order chi connectivity index (χ0) is 10.1. The van der Waals surface area contributed by atoms with Crippen molar-refractivity contribution in [3.05, 3.63) is 0 Å². The van der Waals surface area contributed by atoms with E-state index in [2.05, 4.69) is 33.0 Å². The molecular weight excluding hydrogens is 162 g/mol. The molecule has 0 aliphatic carbocycles. The highest BCUT2D eigenvalue weighted by molar-refractivity contribution is 4.56. The van der Waals surface area contributed by atoms with Crippen LogP contribution in [0.2, 0.25) is 0 Å². The largest absolute Gasteiger partial charge is 0.379 e. The molecule has 0 bridgehead atoms. The Balaban J connectivity index is 3.12. The Labute approximate surface area is 83.1 Å². The van der Waals surface area contributed by atoms with Crippen molar-refractivity contribution < 1.29 is 4.74 Å². The van der Waals surface area contributed by atoms with Gasteiger partial charge in [0.15, 0.2) is 0 Å². The normalized spacial score (nSPS) is 13.6. The van der Waals surface area contributed by atoms with Gasteiger partial charge in [0, 0.05) is 12.6 Å². The number of ether oxygens (including phenoxy) is 1. The average Bonchev–Trinajstić information content (AvgIpc) is 2.08. The third kappa shape index (κ3) is 9.84. The number of hydrogen-bond acceptors (Lipinski definition) is 2. The molecule has 0 aliphatic rings. The van der Waals surface area contributed by atoms with E-state index < -0.39 is 0 Å². The molecular formula is C11H25NO. The Morgan fingerprint density at radius 3 is 2.46 bits per heavy atom. The first-order chi connectivity index (χ1) is 6.16. The van der Waals surface area contributed by atoms with E-state index >= 15 is 0 Å². The topological polar surface area (TPSA) is 21.3 Å². The molecule has 0 spiro atoms. The molecule has 0 amide bonds. The summed E-state index contributed by atoms with van der Waals surface area (Å²) in [5.74, 6) is 0. The van der Waals surface area contributed by atoms with Gasteiger partial charge in [-0.2, -0.15) is 0 Å². The van der Waals surface area contributed by atoms with Gasteiger partial charge in [0.2, 0.25) is 0 Å². The van der Waals surface area contributed by atoms with Gasteiger partial charge in [-0.1, -0.05) is 20.8 Å². The van der Waals surface area contributed by atoms with E-state index in [-0.39, 0.29) is 0 Å². The SMILES string of the molecule is CCCOC(C)CCCNC(C)C. The lowest BCUT2D eigenvalue weighted by Crippen LogP contribution is -2.24. The van der Waals surface area contributed by atoms with Gasteiger partial charge in [0.25, 0.3) is 0 Å². The molecule has 80 valence electrons. The molecule has 1 unspecified atom stereocenters. The van der Waals surface area contributed by atoms with Crippen molar-refractivity contribution in [3.63, 3.8) is 0 Å². The summed E-state index contributed by atoms with van der Waals surface area (Å²) in [6.07, 6.45) is 3.92. The van der Waals surface area contributed by atoms with Crippen LogP contribution in [0, 0.1) is 0 Å². The third-order valence-electron chi connectivity index (χ3n) is 1.95. The monoisotopic (exact) mass is 187 g/mol. The van der Waals surface area contributed by atoms with Crippen LogP contribution in [0.25, 0.3) is 0 Å². The first-order valence-corrected chi connectivity index (χ1v) is 5.51. The van der Waals surface area contributed by atoms with Gasteiger partial charge in [-0.25, -0.2) is 0 Å². The minimum absolute atomic E-state index is 0.425.